The summed E-state index contributed by atoms with van der Waals surface area (Å²) in [6.07, 6.45) is 2.39. The number of carbonyl (C=O) groups is 1. The van der Waals surface area contributed by atoms with Crippen LogP contribution in [0.1, 0.15) is 46.3 Å². The van der Waals surface area contributed by atoms with Crippen LogP contribution in [-0.2, 0) is 13.6 Å². The maximum atomic E-state index is 12.8. The van der Waals surface area contributed by atoms with E-state index in [2.05, 4.69) is 20.3 Å². The molecule has 2 aliphatic rings. The Morgan fingerprint density at radius 1 is 1.25 bits per heavy atom. The first-order valence-electron chi connectivity index (χ1n) is 8.45. The molecule has 8 heteroatoms. The first-order valence-corrected chi connectivity index (χ1v) is 8.45. The van der Waals surface area contributed by atoms with Crippen LogP contribution in [-0.4, -0.2) is 62.0 Å². The Morgan fingerprint density at radius 3 is 2.62 bits per heavy atom. The highest BCUT2D eigenvalue weighted by atomic mass is 16.6. The lowest BCUT2D eigenvalue weighted by molar-refractivity contribution is 0.0614. The number of carbonyl (C=O) groups excluding carboxylic acids is 1. The number of nitrogens with zero attached hydrogens (tertiary/aromatic N) is 6. The molecule has 0 bridgehead atoms. The van der Waals surface area contributed by atoms with E-state index in [1.54, 1.807) is 4.68 Å². The van der Waals surface area contributed by atoms with Gasteiger partial charge in [-0.1, -0.05) is 10.3 Å². The van der Waals surface area contributed by atoms with Crippen molar-refractivity contribution < 1.29 is 9.42 Å². The maximum Gasteiger partial charge on any atom is 0.272 e. The van der Waals surface area contributed by atoms with Gasteiger partial charge in [-0.25, -0.2) is 4.63 Å². The minimum Gasteiger partial charge on any atom is -0.335 e. The van der Waals surface area contributed by atoms with Crippen molar-refractivity contribution in [3.05, 3.63) is 28.8 Å². The van der Waals surface area contributed by atoms with E-state index in [4.69, 9.17) is 4.63 Å². The Balaban J connectivity index is 1.37. The molecule has 0 N–H and O–H groups in total. The van der Waals surface area contributed by atoms with E-state index in [1.165, 1.54) is 12.8 Å². The maximum absolute atomic E-state index is 12.8. The van der Waals surface area contributed by atoms with Crippen LogP contribution in [0.4, 0.5) is 0 Å². The van der Waals surface area contributed by atoms with Gasteiger partial charge >= 0.3 is 0 Å². The first kappa shape index (κ1) is 15.3. The highest BCUT2D eigenvalue weighted by molar-refractivity contribution is 5.92. The molecule has 2 aromatic heterocycles. The molecule has 1 saturated carbocycles. The Morgan fingerprint density at radius 2 is 2.00 bits per heavy atom. The van der Waals surface area contributed by atoms with Crippen LogP contribution in [0.5, 0.6) is 0 Å². The second kappa shape index (κ2) is 6.01. The molecule has 1 aliphatic carbocycles. The molecule has 3 heterocycles. The van der Waals surface area contributed by atoms with Gasteiger partial charge in [0.15, 0.2) is 0 Å². The monoisotopic (exact) mass is 330 g/mol. The van der Waals surface area contributed by atoms with E-state index in [0.717, 1.165) is 36.7 Å². The molecule has 0 aromatic carbocycles. The van der Waals surface area contributed by atoms with Crippen molar-refractivity contribution in [2.75, 3.05) is 26.2 Å². The van der Waals surface area contributed by atoms with Gasteiger partial charge in [-0.05, 0) is 25.8 Å². The highest BCUT2D eigenvalue weighted by Gasteiger charge is 2.30. The molecule has 4 rings (SSSR count). The fourth-order valence-corrected chi connectivity index (χ4v) is 3.14. The summed E-state index contributed by atoms with van der Waals surface area (Å²) >= 11 is 0. The summed E-state index contributed by atoms with van der Waals surface area (Å²) in [5.41, 5.74) is 3.46. The zero-order valence-corrected chi connectivity index (χ0v) is 14.1. The van der Waals surface area contributed by atoms with Gasteiger partial charge in [0.1, 0.15) is 17.1 Å². The van der Waals surface area contributed by atoms with E-state index in [0.29, 0.717) is 24.7 Å². The van der Waals surface area contributed by atoms with E-state index >= 15 is 0 Å². The quantitative estimate of drug-likeness (QED) is 0.830. The third-order valence-corrected chi connectivity index (χ3v) is 4.89. The van der Waals surface area contributed by atoms with Crippen LogP contribution in [0.3, 0.4) is 0 Å². The Bertz CT molecular complexity index is 740. The summed E-state index contributed by atoms with van der Waals surface area (Å²) in [4.78, 5) is 17.0. The standard InChI is InChI=1S/C16H22N6O2/c1-11-14(19-24-18-11)10-21-5-7-22(8-6-21)16(23)15-9-13(12-3-4-12)17-20(15)2/h9,12H,3-8,10H2,1-2H3. The van der Waals surface area contributed by atoms with Crippen molar-refractivity contribution in [1.82, 2.24) is 29.9 Å². The van der Waals surface area contributed by atoms with Gasteiger partial charge < -0.3 is 4.90 Å². The van der Waals surface area contributed by atoms with E-state index in [-0.39, 0.29) is 5.91 Å². The number of aromatic nitrogens is 4. The summed E-state index contributed by atoms with van der Waals surface area (Å²) in [6, 6.07) is 1.97. The zero-order chi connectivity index (χ0) is 16.7. The molecule has 1 saturated heterocycles. The van der Waals surface area contributed by atoms with Gasteiger partial charge in [-0.2, -0.15) is 5.10 Å². The lowest BCUT2D eigenvalue weighted by Gasteiger charge is -2.34. The highest BCUT2D eigenvalue weighted by Crippen LogP contribution is 2.39. The number of piperazine rings is 1. The number of hydrogen-bond acceptors (Lipinski definition) is 6. The van der Waals surface area contributed by atoms with Gasteiger partial charge in [0.2, 0.25) is 0 Å². The summed E-state index contributed by atoms with van der Waals surface area (Å²) in [7, 11) is 1.86. The fraction of sp³-hybridized carbons (Fsp3) is 0.625. The molecule has 24 heavy (non-hydrogen) atoms. The predicted octanol–water partition coefficient (Wildman–Crippen LogP) is 0.947. The minimum absolute atomic E-state index is 0.0795. The van der Waals surface area contributed by atoms with Gasteiger partial charge in [-0.15, -0.1) is 0 Å². The second-order valence-electron chi connectivity index (χ2n) is 6.72. The lowest BCUT2D eigenvalue weighted by atomic mass is 10.2. The molecule has 1 aliphatic heterocycles. The summed E-state index contributed by atoms with van der Waals surface area (Å²) in [5.74, 6) is 0.643. The van der Waals surface area contributed by atoms with Gasteiger partial charge in [0.05, 0.1) is 5.69 Å². The molecule has 2 fully saturated rings. The first-order chi connectivity index (χ1) is 11.6. The average molecular weight is 330 g/mol. The summed E-state index contributed by atoms with van der Waals surface area (Å²) in [5, 5.41) is 12.2. The third-order valence-electron chi connectivity index (χ3n) is 4.89. The lowest BCUT2D eigenvalue weighted by Crippen LogP contribution is -2.48. The van der Waals surface area contributed by atoms with Crippen LogP contribution < -0.4 is 0 Å². The molecule has 0 spiro atoms. The van der Waals surface area contributed by atoms with Gasteiger partial charge in [0.25, 0.3) is 5.91 Å². The largest absolute Gasteiger partial charge is 0.335 e. The molecule has 1 amide bonds. The molecule has 128 valence electrons. The Labute approximate surface area is 140 Å². The van der Waals surface area contributed by atoms with Crippen LogP contribution in [0.25, 0.3) is 0 Å². The molecule has 0 unspecified atom stereocenters. The van der Waals surface area contributed by atoms with Crippen LogP contribution in [0.2, 0.25) is 0 Å². The van der Waals surface area contributed by atoms with Crippen LogP contribution >= 0.6 is 0 Å². The second-order valence-corrected chi connectivity index (χ2v) is 6.72. The predicted molar refractivity (Wildman–Crippen MR) is 85.4 cm³/mol. The van der Waals surface area contributed by atoms with Gasteiger partial charge in [-0.3, -0.25) is 14.4 Å². The van der Waals surface area contributed by atoms with Crippen molar-refractivity contribution in [3.8, 4) is 0 Å². The normalized spacial score (nSPS) is 19.0. The number of rotatable bonds is 4. The van der Waals surface area contributed by atoms with E-state index in [9.17, 15) is 4.79 Å². The molecule has 0 atom stereocenters. The average Bonchev–Trinajstić information content (AvgIpc) is 3.26. The number of hydrogen-bond donors (Lipinski definition) is 0. The Kier molecular flexibility index (Phi) is 3.84. The SMILES string of the molecule is Cc1nonc1CN1CCN(C(=O)c2cc(C3CC3)nn2C)CC1. The fourth-order valence-electron chi connectivity index (χ4n) is 3.14. The van der Waals surface area contributed by atoms with E-state index in [1.807, 2.05) is 24.9 Å². The topological polar surface area (TPSA) is 80.3 Å². The minimum atomic E-state index is 0.0795. The Hall–Kier alpha value is -2.22. The summed E-state index contributed by atoms with van der Waals surface area (Å²) in [6.45, 7) is 5.69. The molecule has 2 aromatic rings. The van der Waals surface area contributed by atoms with Crippen molar-refractivity contribution in [1.29, 1.82) is 0 Å². The molecular weight excluding hydrogens is 308 g/mol. The number of amides is 1. The third kappa shape index (κ3) is 2.93. The van der Waals surface area contributed by atoms with Crippen molar-refractivity contribution in [3.63, 3.8) is 0 Å². The van der Waals surface area contributed by atoms with Gasteiger partial charge in [0, 0.05) is 45.7 Å². The smallest absolute Gasteiger partial charge is 0.272 e. The molecule has 0 radical (unpaired) electrons. The molecular formula is C16H22N6O2. The molecule has 8 nitrogen and oxygen atoms in total. The van der Waals surface area contributed by atoms with Crippen LogP contribution in [0, 0.1) is 6.92 Å². The zero-order valence-electron chi connectivity index (χ0n) is 14.1. The van der Waals surface area contributed by atoms with Crippen molar-refractivity contribution >= 4 is 5.91 Å². The summed E-state index contributed by atoms with van der Waals surface area (Å²) < 4.78 is 6.47. The van der Waals surface area contributed by atoms with E-state index < -0.39 is 0 Å². The van der Waals surface area contributed by atoms with Crippen LogP contribution in [0.15, 0.2) is 10.7 Å². The van der Waals surface area contributed by atoms with Crippen molar-refractivity contribution in [2.24, 2.45) is 7.05 Å². The number of aryl methyl sites for hydroxylation is 2. The van der Waals surface area contributed by atoms with Crippen molar-refractivity contribution in [2.45, 2.75) is 32.2 Å².